The first-order valence-corrected chi connectivity index (χ1v) is 19.1. The summed E-state index contributed by atoms with van der Waals surface area (Å²) in [4.78, 5) is 49.5. The van der Waals surface area contributed by atoms with Crippen molar-refractivity contribution in [2.75, 3.05) is 52.0 Å². The average molecular weight is 753 g/mol. The number of aliphatic imine (C=N–C) groups is 1. The number of anilines is 1. The highest BCUT2D eigenvalue weighted by atomic mass is 33.1. The van der Waals surface area contributed by atoms with Crippen molar-refractivity contribution in [1.82, 2.24) is 9.80 Å². The molecule has 1 N–H and O–H groups in total. The summed E-state index contributed by atoms with van der Waals surface area (Å²) in [6, 6.07) is 5.73. The minimum absolute atomic E-state index is 0.0621. The number of carbonyl (C=O) groups excluding carboxylic acids is 3. The minimum atomic E-state index is -1.37. The van der Waals surface area contributed by atoms with Crippen molar-refractivity contribution < 1.29 is 43.2 Å². The molecule has 4 atom stereocenters. The average Bonchev–Trinajstić information content (AvgIpc) is 3.68. The number of ether oxygens (including phenoxy) is 5. The Morgan fingerprint density at radius 2 is 1.54 bits per heavy atom. The summed E-state index contributed by atoms with van der Waals surface area (Å²) < 4.78 is 28.9. The zero-order chi connectivity index (χ0) is 37.1. The third kappa shape index (κ3) is 7.57. The van der Waals surface area contributed by atoms with Crippen LogP contribution >= 0.6 is 22.5 Å². The number of amides is 3. The number of hydrogen-bond acceptors (Lipinski definition) is 12. The molecule has 0 bridgehead atoms. The molecule has 0 radical (unpaired) electrons. The molecule has 4 aliphatic heterocycles. The van der Waals surface area contributed by atoms with Crippen molar-refractivity contribution in [2.45, 2.75) is 62.6 Å². The van der Waals surface area contributed by atoms with Crippen LogP contribution in [0.1, 0.15) is 59.7 Å². The van der Waals surface area contributed by atoms with Gasteiger partial charge in [0.15, 0.2) is 29.2 Å². The van der Waals surface area contributed by atoms with Gasteiger partial charge in [0.1, 0.15) is 6.61 Å². The van der Waals surface area contributed by atoms with E-state index < -0.39 is 18.4 Å². The van der Waals surface area contributed by atoms with Gasteiger partial charge in [-0.3, -0.25) is 14.6 Å². The molecule has 2 aromatic carbocycles. The van der Waals surface area contributed by atoms with E-state index in [-0.39, 0.29) is 47.5 Å². The normalized spacial score (nSPS) is 21.2. The summed E-state index contributed by atoms with van der Waals surface area (Å²) in [6.45, 7) is 11.4. The fourth-order valence-corrected chi connectivity index (χ4v) is 7.14. The van der Waals surface area contributed by atoms with E-state index in [9.17, 15) is 19.5 Å². The van der Waals surface area contributed by atoms with Crippen molar-refractivity contribution >= 4 is 58.0 Å². The third-order valence-corrected chi connectivity index (χ3v) is 11.1. The van der Waals surface area contributed by atoms with Crippen LogP contribution in [0.15, 0.2) is 53.6 Å². The van der Waals surface area contributed by atoms with Gasteiger partial charge in [-0.05, 0) is 51.2 Å². The van der Waals surface area contributed by atoms with E-state index in [1.807, 2.05) is 6.92 Å². The van der Waals surface area contributed by atoms with Gasteiger partial charge < -0.3 is 38.6 Å². The highest BCUT2D eigenvalue weighted by molar-refractivity contribution is 8.68. The zero-order valence-electron chi connectivity index (χ0n) is 29.5. The first-order valence-electron chi connectivity index (χ1n) is 17.2. The number of nitrogens with zero attached hydrogens (tertiary/aromatic N) is 4. The van der Waals surface area contributed by atoms with E-state index in [1.54, 1.807) is 29.3 Å². The summed E-state index contributed by atoms with van der Waals surface area (Å²) in [5, 5.41) is 11.4. The van der Waals surface area contributed by atoms with Gasteiger partial charge in [0.25, 0.3) is 11.8 Å². The van der Waals surface area contributed by atoms with Crippen molar-refractivity contribution in [1.29, 1.82) is 0 Å². The number of benzene rings is 2. The Morgan fingerprint density at radius 1 is 0.923 bits per heavy atom. The summed E-state index contributed by atoms with van der Waals surface area (Å²) in [7, 11) is 4.26. The van der Waals surface area contributed by atoms with Crippen LogP contribution in [-0.2, 0) is 4.74 Å². The van der Waals surface area contributed by atoms with E-state index in [0.717, 1.165) is 22.5 Å². The van der Waals surface area contributed by atoms with Gasteiger partial charge >= 0.3 is 6.09 Å². The first-order chi connectivity index (χ1) is 25.0. The Labute approximate surface area is 312 Å². The van der Waals surface area contributed by atoms with Gasteiger partial charge in [-0.1, -0.05) is 35.1 Å². The number of aliphatic hydroxyl groups is 1. The van der Waals surface area contributed by atoms with Gasteiger partial charge in [0.05, 0.1) is 62.0 Å². The molecule has 2 saturated heterocycles. The Balaban J connectivity index is 1.09. The SMILES string of the molecule is C=C1CC2C=Nc3cc(OCCCCCOc4cc5c(cc4OC)C(=O)N4CC(=C)C[C@H]4[C@H](O)N5C(=O)OC[C@@H](C)SS)c(OC)cc3C(=O)N2C1. The van der Waals surface area contributed by atoms with Crippen LogP contribution in [0.25, 0.3) is 0 Å². The molecule has 0 aromatic heterocycles. The van der Waals surface area contributed by atoms with Crippen molar-refractivity contribution in [3.63, 3.8) is 0 Å². The second-order valence-electron chi connectivity index (χ2n) is 13.3. The van der Waals surface area contributed by atoms with Crippen LogP contribution in [0.4, 0.5) is 16.2 Å². The molecule has 1 unspecified atom stereocenters. The summed E-state index contributed by atoms with van der Waals surface area (Å²) in [6.07, 6.45) is 2.81. The predicted molar refractivity (Wildman–Crippen MR) is 202 cm³/mol. The van der Waals surface area contributed by atoms with Crippen LogP contribution in [0.5, 0.6) is 23.0 Å². The summed E-state index contributed by atoms with van der Waals surface area (Å²) in [5.74, 6) is 1.14. The Kier molecular flexibility index (Phi) is 11.6. The zero-order valence-corrected chi connectivity index (χ0v) is 31.2. The summed E-state index contributed by atoms with van der Waals surface area (Å²) >= 11 is 4.19. The van der Waals surface area contributed by atoms with Gasteiger partial charge in [0.2, 0.25) is 0 Å². The van der Waals surface area contributed by atoms with E-state index in [4.69, 9.17) is 23.7 Å². The van der Waals surface area contributed by atoms with Crippen LogP contribution < -0.4 is 23.8 Å². The number of hydrogen-bond donors (Lipinski definition) is 2. The molecule has 4 heterocycles. The van der Waals surface area contributed by atoms with Gasteiger partial charge in [-0.2, -0.15) is 0 Å². The number of carbonyl (C=O) groups is 3. The van der Waals surface area contributed by atoms with Gasteiger partial charge in [-0.25, -0.2) is 9.69 Å². The lowest BCUT2D eigenvalue weighted by molar-refractivity contribution is 0.0491. The molecule has 3 amide bonds. The molecule has 0 aliphatic carbocycles. The van der Waals surface area contributed by atoms with Crippen LogP contribution in [0.2, 0.25) is 0 Å². The van der Waals surface area contributed by atoms with Crippen molar-refractivity contribution in [2.24, 2.45) is 4.99 Å². The fraction of sp³-hybridized carbons (Fsp3) is 0.459. The summed E-state index contributed by atoms with van der Waals surface area (Å²) in [5.41, 5.74) is 3.15. The maximum Gasteiger partial charge on any atom is 0.416 e. The molecule has 0 saturated carbocycles. The minimum Gasteiger partial charge on any atom is -0.493 e. The fourth-order valence-electron chi connectivity index (χ4n) is 6.82. The second-order valence-corrected chi connectivity index (χ2v) is 14.9. The maximum atomic E-state index is 13.8. The lowest BCUT2D eigenvalue weighted by atomic mass is 10.1. The lowest BCUT2D eigenvalue weighted by Gasteiger charge is -2.31. The largest absolute Gasteiger partial charge is 0.493 e. The predicted octanol–water partition coefficient (Wildman–Crippen LogP) is 5.83. The number of thiol groups is 1. The van der Waals surface area contributed by atoms with Crippen LogP contribution in [0, 0.1) is 0 Å². The van der Waals surface area contributed by atoms with Crippen molar-refractivity contribution in [3.8, 4) is 23.0 Å². The van der Waals surface area contributed by atoms with Crippen LogP contribution in [0.3, 0.4) is 0 Å². The Hall–Kier alpha value is -4.34. The molecule has 2 fully saturated rings. The number of fused-ring (bicyclic) bond motifs is 4. The topological polar surface area (TPSA) is 140 Å². The number of rotatable bonds is 13. The molecule has 15 heteroatoms. The number of unbranched alkanes of at least 4 members (excludes halogenated alkanes) is 2. The molecule has 4 aliphatic rings. The molecule has 13 nitrogen and oxygen atoms in total. The standard InChI is InChI=1S/C37H44N4O9S2/c1-21-11-24-17-38-27-15-32(30(46-4)13-25(27)34(42)39(24)18-21)48-9-7-6-8-10-49-33-16-28-26(14-31(33)47-5)35(43)40-19-22(2)12-29(40)36(44)41(28)37(45)50-20-23(3)52-51/h13-17,23-24,29,36,44,51H,1-2,6-12,18-20H2,3-5H3/t23-,24?,29+,36+/m1/s1. The number of methoxy groups -OCH3 is 2. The van der Waals surface area contributed by atoms with Crippen molar-refractivity contribution in [3.05, 3.63) is 59.7 Å². The van der Waals surface area contributed by atoms with E-state index in [0.29, 0.717) is 79.7 Å². The van der Waals surface area contributed by atoms with Gasteiger partial charge in [0, 0.05) is 36.7 Å². The van der Waals surface area contributed by atoms with E-state index >= 15 is 0 Å². The van der Waals surface area contributed by atoms with Crippen LogP contribution in [-0.4, -0.2) is 110 Å². The molecular formula is C37H44N4O9S2. The quantitative estimate of drug-likeness (QED) is 0.111. The Bertz CT molecular complexity index is 1790. The van der Waals surface area contributed by atoms with E-state index in [1.165, 1.54) is 36.0 Å². The molecule has 6 rings (SSSR count). The highest BCUT2D eigenvalue weighted by Gasteiger charge is 2.46. The molecule has 2 aromatic rings. The molecule has 278 valence electrons. The highest BCUT2D eigenvalue weighted by Crippen LogP contribution is 2.42. The monoisotopic (exact) mass is 752 g/mol. The third-order valence-electron chi connectivity index (χ3n) is 9.51. The van der Waals surface area contributed by atoms with E-state index in [2.05, 4.69) is 29.8 Å². The Morgan fingerprint density at radius 3 is 2.21 bits per heavy atom. The molecular weight excluding hydrogens is 709 g/mol. The molecule has 0 spiro atoms. The lowest BCUT2D eigenvalue weighted by Crippen LogP contribution is -2.51. The van der Waals surface area contributed by atoms with Gasteiger partial charge in [-0.15, -0.1) is 11.7 Å². The number of aliphatic hydroxyl groups excluding tert-OH is 1. The first kappa shape index (κ1) is 37.4. The second kappa shape index (κ2) is 16.1. The molecule has 52 heavy (non-hydrogen) atoms. The smallest absolute Gasteiger partial charge is 0.416 e. The maximum absolute atomic E-state index is 13.8.